The van der Waals surface area contributed by atoms with Gasteiger partial charge >= 0.3 is 6.18 Å². The van der Waals surface area contributed by atoms with Gasteiger partial charge in [0.25, 0.3) is 0 Å². The number of alkyl halides is 4. The molecule has 2 rings (SSSR count). The fraction of sp³-hybridized carbons (Fsp3) is 0.538. The van der Waals surface area contributed by atoms with Gasteiger partial charge < -0.3 is 0 Å². The first kappa shape index (κ1) is 13.7. The average Bonchev–Trinajstić information content (AvgIpc) is 2.58. The maximum absolute atomic E-state index is 13.5. The second-order valence-corrected chi connectivity index (χ2v) is 5.36. The molecule has 0 amide bonds. The predicted octanol–water partition coefficient (Wildman–Crippen LogP) is 4.97. The molecule has 0 bridgehead atoms. The summed E-state index contributed by atoms with van der Waals surface area (Å²) >= 11 is 6.08. The molecule has 5 heteroatoms. The lowest BCUT2D eigenvalue weighted by Gasteiger charge is -2.18. The first-order valence-corrected chi connectivity index (χ1v) is 6.25. The Labute approximate surface area is 108 Å². The third kappa shape index (κ3) is 2.48. The van der Waals surface area contributed by atoms with Gasteiger partial charge in [-0.05, 0) is 42.4 Å². The van der Waals surface area contributed by atoms with Crippen molar-refractivity contribution in [3.05, 3.63) is 35.1 Å². The number of rotatable bonds is 1. The average molecular weight is 281 g/mol. The maximum atomic E-state index is 13.5. The number of halogens is 5. The summed E-state index contributed by atoms with van der Waals surface area (Å²) in [5.41, 5.74) is -0.601. The lowest BCUT2D eigenvalue weighted by atomic mass is 9.89. The highest BCUT2D eigenvalue weighted by Crippen LogP contribution is 2.43. The van der Waals surface area contributed by atoms with Crippen LogP contribution in [0.4, 0.5) is 17.6 Å². The minimum Gasteiger partial charge on any atom is -0.206 e. The fourth-order valence-electron chi connectivity index (χ4n) is 2.58. The molecule has 0 nitrogen and oxygen atoms in total. The van der Waals surface area contributed by atoms with Crippen molar-refractivity contribution >= 4 is 11.6 Å². The molecule has 0 aromatic heterocycles. The molecule has 0 aliphatic heterocycles. The first-order chi connectivity index (χ1) is 8.30. The SMILES string of the molecule is CC1C(Cl)CCC1c1ccc(C(F)(F)F)c(F)c1. The van der Waals surface area contributed by atoms with Gasteiger partial charge in [0.15, 0.2) is 0 Å². The molecule has 1 saturated carbocycles. The molecule has 1 aromatic carbocycles. The van der Waals surface area contributed by atoms with Crippen molar-refractivity contribution in [2.45, 2.75) is 37.2 Å². The van der Waals surface area contributed by atoms with E-state index in [-0.39, 0.29) is 17.2 Å². The van der Waals surface area contributed by atoms with E-state index in [1.54, 1.807) is 0 Å². The Morgan fingerprint density at radius 3 is 2.33 bits per heavy atom. The van der Waals surface area contributed by atoms with Crippen molar-refractivity contribution in [3.63, 3.8) is 0 Å². The molecule has 100 valence electrons. The molecule has 1 aliphatic rings. The number of benzene rings is 1. The van der Waals surface area contributed by atoms with Crippen molar-refractivity contribution in [2.24, 2.45) is 5.92 Å². The number of hydrogen-bond acceptors (Lipinski definition) is 0. The van der Waals surface area contributed by atoms with Crippen molar-refractivity contribution in [1.29, 1.82) is 0 Å². The standard InChI is InChI=1S/C13H13ClF4/c1-7-9(3-5-11(7)14)8-2-4-10(12(15)6-8)13(16,17)18/h2,4,6-7,9,11H,3,5H2,1H3. The fourth-order valence-corrected chi connectivity index (χ4v) is 2.88. The van der Waals surface area contributed by atoms with Crippen LogP contribution in [0.5, 0.6) is 0 Å². The molecule has 0 heterocycles. The van der Waals surface area contributed by atoms with Gasteiger partial charge in [-0.15, -0.1) is 11.6 Å². The Kier molecular flexibility index (Phi) is 3.58. The van der Waals surface area contributed by atoms with E-state index in [4.69, 9.17) is 11.6 Å². The van der Waals surface area contributed by atoms with Crippen LogP contribution in [0.25, 0.3) is 0 Å². The van der Waals surface area contributed by atoms with E-state index >= 15 is 0 Å². The van der Waals surface area contributed by atoms with Crippen LogP contribution >= 0.6 is 11.6 Å². The Morgan fingerprint density at radius 1 is 1.22 bits per heavy atom. The van der Waals surface area contributed by atoms with E-state index in [2.05, 4.69) is 0 Å². The van der Waals surface area contributed by atoms with Crippen LogP contribution in [0.2, 0.25) is 0 Å². The minimum atomic E-state index is -4.64. The second-order valence-electron chi connectivity index (χ2n) is 4.80. The summed E-state index contributed by atoms with van der Waals surface area (Å²) in [6.45, 7) is 1.95. The molecule has 3 atom stereocenters. The lowest BCUT2D eigenvalue weighted by Crippen LogP contribution is -2.12. The van der Waals surface area contributed by atoms with E-state index in [1.807, 2.05) is 6.92 Å². The van der Waals surface area contributed by atoms with Crippen LogP contribution in [0, 0.1) is 11.7 Å². The molecule has 1 fully saturated rings. The summed E-state index contributed by atoms with van der Waals surface area (Å²) < 4.78 is 50.8. The first-order valence-electron chi connectivity index (χ1n) is 5.81. The van der Waals surface area contributed by atoms with Crippen LogP contribution in [0.15, 0.2) is 18.2 Å². The minimum absolute atomic E-state index is 0.0142. The summed E-state index contributed by atoms with van der Waals surface area (Å²) in [5.74, 6) is -1.00. The van der Waals surface area contributed by atoms with Crippen LogP contribution in [-0.2, 0) is 6.18 Å². The molecule has 3 unspecified atom stereocenters. The van der Waals surface area contributed by atoms with Crippen LogP contribution < -0.4 is 0 Å². The van der Waals surface area contributed by atoms with E-state index in [1.165, 1.54) is 6.07 Å². The molecule has 1 aromatic rings. The lowest BCUT2D eigenvalue weighted by molar-refractivity contribution is -0.140. The highest BCUT2D eigenvalue weighted by atomic mass is 35.5. The predicted molar refractivity (Wildman–Crippen MR) is 62.2 cm³/mol. The van der Waals surface area contributed by atoms with Crippen LogP contribution in [0.3, 0.4) is 0 Å². The normalized spacial score (nSPS) is 28.7. The summed E-state index contributed by atoms with van der Waals surface area (Å²) in [7, 11) is 0. The summed E-state index contributed by atoms with van der Waals surface area (Å²) in [6, 6.07) is 3.18. The zero-order valence-corrected chi connectivity index (χ0v) is 10.5. The van der Waals surface area contributed by atoms with Gasteiger partial charge in [-0.1, -0.05) is 13.0 Å². The zero-order chi connectivity index (χ0) is 13.5. The van der Waals surface area contributed by atoms with E-state index in [0.717, 1.165) is 25.0 Å². The van der Waals surface area contributed by atoms with E-state index in [0.29, 0.717) is 5.56 Å². The molecular formula is C13H13ClF4. The van der Waals surface area contributed by atoms with Gasteiger partial charge in [0.2, 0.25) is 0 Å². The van der Waals surface area contributed by atoms with Crippen molar-refractivity contribution in [3.8, 4) is 0 Å². The molecule has 18 heavy (non-hydrogen) atoms. The maximum Gasteiger partial charge on any atom is 0.419 e. The topological polar surface area (TPSA) is 0 Å². The van der Waals surface area contributed by atoms with Crippen molar-refractivity contribution in [2.75, 3.05) is 0 Å². The number of hydrogen-bond donors (Lipinski definition) is 0. The Balaban J connectivity index is 2.30. The van der Waals surface area contributed by atoms with Gasteiger partial charge in [-0.25, -0.2) is 4.39 Å². The van der Waals surface area contributed by atoms with Gasteiger partial charge in [0, 0.05) is 5.38 Å². The largest absolute Gasteiger partial charge is 0.419 e. The summed E-state index contributed by atoms with van der Waals surface area (Å²) in [5, 5.41) is 0.0142. The third-order valence-corrected chi connectivity index (χ3v) is 4.30. The van der Waals surface area contributed by atoms with E-state index in [9.17, 15) is 17.6 Å². The Hall–Kier alpha value is -0.770. The third-order valence-electron chi connectivity index (χ3n) is 3.69. The zero-order valence-electron chi connectivity index (χ0n) is 9.77. The highest BCUT2D eigenvalue weighted by molar-refractivity contribution is 6.21. The second kappa shape index (κ2) is 4.72. The molecular weight excluding hydrogens is 268 g/mol. The molecule has 0 N–H and O–H groups in total. The summed E-state index contributed by atoms with van der Waals surface area (Å²) in [4.78, 5) is 0. The Morgan fingerprint density at radius 2 is 1.89 bits per heavy atom. The molecule has 0 saturated heterocycles. The van der Waals surface area contributed by atoms with Gasteiger partial charge in [-0.3, -0.25) is 0 Å². The van der Waals surface area contributed by atoms with Gasteiger partial charge in [0.1, 0.15) is 5.82 Å². The monoisotopic (exact) mass is 280 g/mol. The smallest absolute Gasteiger partial charge is 0.206 e. The molecule has 0 radical (unpaired) electrons. The van der Waals surface area contributed by atoms with Crippen LogP contribution in [0.1, 0.15) is 36.8 Å². The summed E-state index contributed by atoms with van der Waals surface area (Å²) in [6.07, 6.45) is -3.03. The van der Waals surface area contributed by atoms with Gasteiger partial charge in [0.05, 0.1) is 5.56 Å². The molecule has 1 aliphatic carbocycles. The van der Waals surface area contributed by atoms with Crippen molar-refractivity contribution < 1.29 is 17.6 Å². The Bertz CT molecular complexity index is 441. The van der Waals surface area contributed by atoms with Crippen molar-refractivity contribution in [1.82, 2.24) is 0 Å². The highest BCUT2D eigenvalue weighted by Gasteiger charge is 2.36. The van der Waals surface area contributed by atoms with Gasteiger partial charge in [-0.2, -0.15) is 13.2 Å². The molecule has 0 spiro atoms. The van der Waals surface area contributed by atoms with Crippen LogP contribution in [-0.4, -0.2) is 5.38 Å². The van der Waals surface area contributed by atoms with E-state index < -0.39 is 17.6 Å². The quantitative estimate of drug-likeness (QED) is 0.503.